The van der Waals surface area contributed by atoms with Crippen LogP contribution in [0.1, 0.15) is 21.8 Å². The number of aromatic nitrogens is 3. The van der Waals surface area contributed by atoms with Crippen LogP contribution in [0, 0.1) is 5.82 Å². The third kappa shape index (κ3) is 6.13. The number of hydrogen-bond donors (Lipinski definition) is 2. The summed E-state index contributed by atoms with van der Waals surface area (Å²) >= 11 is 0. The summed E-state index contributed by atoms with van der Waals surface area (Å²) in [7, 11) is 5.25. The average molecular weight is 598 g/mol. The van der Waals surface area contributed by atoms with Crippen LogP contribution in [0.2, 0.25) is 0 Å². The lowest BCUT2D eigenvalue weighted by molar-refractivity contribution is 0.0827. The minimum absolute atomic E-state index is 0.0777. The predicted molar refractivity (Wildman–Crippen MR) is 167 cm³/mol. The molecule has 44 heavy (non-hydrogen) atoms. The number of rotatable bonds is 6. The number of carbonyl (C=O) groups excluding carboxylic acids is 2. The second kappa shape index (κ2) is 12.2. The van der Waals surface area contributed by atoms with Crippen molar-refractivity contribution in [1.82, 2.24) is 24.9 Å². The van der Waals surface area contributed by atoms with E-state index in [0.717, 1.165) is 12.1 Å². The number of nitrogens with one attached hydrogen (secondary N) is 2. The van der Waals surface area contributed by atoms with Gasteiger partial charge in [0.2, 0.25) is 0 Å². The number of carbonyl (C=O) groups is 2. The largest absolute Gasteiger partial charge is 0.378 e. The summed E-state index contributed by atoms with van der Waals surface area (Å²) in [5.74, 6) is 0.188. The minimum atomic E-state index is -0.588. The van der Waals surface area contributed by atoms with Crippen molar-refractivity contribution in [3.8, 4) is 11.4 Å². The molecule has 6 rings (SSSR count). The van der Waals surface area contributed by atoms with E-state index in [2.05, 4.69) is 20.6 Å². The Kier molecular flexibility index (Phi) is 8.03. The number of hydrogen-bond acceptors (Lipinski definition) is 9. The van der Waals surface area contributed by atoms with Gasteiger partial charge in [0.25, 0.3) is 5.91 Å². The minimum Gasteiger partial charge on any atom is -0.378 e. The van der Waals surface area contributed by atoms with Crippen molar-refractivity contribution >= 4 is 46.4 Å². The van der Waals surface area contributed by atoms with Crippen LogP contribution in [0.5, 0.6) is 0 Å². The molecular weight excluding hydrogens is 565 g/mol. The zero-order valence-corrected chi connectivity index (χ0v) is 24.6. The normalized spacial score (nSPS) is 16.3. The van der Waals surface area contributed by atoms with Crippen molar-refractivity contribution in [2.24, 2.45) is 5.10 Å². The summed E-state index contributed by atoms with van der Waals surface area (Å²) in [5.41, 5.74) is 3.64. The fourth-order valence-electron chi connectivity index (χ4n) is 5.12. The molecular formula is C31H32FN9O3. The molecule has 1 saturated heterocycles. The van der Waals surface area contributed by atoms with E-state index in [4.69, 9.17) is 19.7 Å². The van der Waals surface area contributed by atoms with E-state index < -0.39 is 11.8 Å². The van der Waals surface area contributed by atoms with E-state index >= 15 is 4.39 Å². The molecule has 4 heterocycles. The lowest BCUT2D eigenvalue weighted by Crippen LogP contribution is -2.37. The van der Waals surface area contributed by atoms with Gasteiger partial charge in [0.1, 0.15) is 11.3 Å². The van der Waals surface area contributed by atoms with Crippen molar-refractivity contribution in [1.29, 1.82) is 0 Å². The molecule has 0 bridgehead atoms. The summed E-state index contributed by atoms with van der Waals surface area (Å²) in [6, 6.07) is 12.3. The maximum Gasteiger partial charge on any atom is 0.323 e. The topological polar surface area (TPSA) is 128 Å². The molecule has 2 N–H and O–H groups in total. The number of urea groups is 1. The molecule has 12 nitrogen and oxygen atoms in total. The molecule has 1 unspecified atom stereocenters. The molecule has 2 aromatic carbocycles. The number of nitrogens with zero attached hydrogens (tertiary/aromatic N) is 7. The lowest BCUT2D eigenvalue weighted by Gasteiger charge is -2.28. The van der Waals surface area contributed by atoms with Gasteiger partial charge >= 0.3 is 6.03 Å². The quantitative estimate of drug-likeness (QED) is 0.341. The van der Waals surface area contributed by atoms with E-state index in [1.807, 2.05) is 30.5 Å². The Morgan fingerprint density at radius 1 is 1.00 bits per heavy atom. The van der Waals surface area contributed by atoms with Gasteiger partial charge in [-0.2, -0.15) is 5.10 Å². The molecule has 2 aromatic heterocycles. The lowest BCUT2D eigenvalue weighted by atomic mass is 10.0. The first kappa shape index (κ1) is 28.9. The van der Waals surface area contributed by atoms with E-state index in [-0.39, 0.29) is 28.9 Å². The van der Waals surface area contributed by atoms with Gasteiger partial charge < -0.3 is 25.2 Å². The molecule has 1 atom stereocenters. The second-order valence-electron chi connectivity index (χ2n) is 10.9. The van der Waals surface area contributed by atoms with Gasteiger partial charge in [0.15, 0.2) is 11.6 Å². The molecule has 13 heteroatoms. The number of anilines is 3. The van der Waals surface area contributed by atoms with Crippen LogP contribution in [0.25, 0.3) is 22.4 Å². The fraction of sp³-hybridized carbons (Fsp3) is 0.290. The Balaban J connectivity index is 1.25. The van der Waals surface area contributed by atoms with Gasteiger partial charge in [0, 0.05) is 76.0 Å². The standard InChI is InChI=1S/C31H32FN9O3/c1-39(2)30(42)19-4-6-22(7-5-19)35-31(43)36-23-8-9-24(25(32)15-23)28-37-26-14-20(21-17-34-40(3)18-21)16-33-27(26)29(38-28)41-10-12-44-13-11-41/h4-9,14-17,21H,10-13,18H2,1-3H3,(H2,35,36,43). The summed E-state index contributed by atoms with van der Waals surface area (Å²) in [6.07, 6.45) is 3.71. The van der Waals surface area contributed by atoms with Crippen LogP contribution in [0.4, 0.5) is 26.4 Å². The Morgan fingerprint density at radius 2 is 1.73 bits per heavy atom. The monoisotopic (exact) mass is 597 g/mol. The Hall–Kier alpha value is -5.17. The smallest absolute Gasteiger partial charge is 0.323 e. The van der Waals surface area contributed by atoms with E-state index in [1.54, 1.807) is 50.5 Å². The Labute approximate surface area is 253 Å². The molecule has 0 aliphatic carbocycles. The fourth-order valence-corrected chi connectivity index (χ4v) is 5.12. The van der Waals surface area contributed by atoms with Crippen molar-refractivity contribution in [3.05, 3.63) is 71.7 Å². The van der Waals surface area contributed by atoms with Crippen LogP contribution in [-0.2, 0) is 4.74 Å². The highest BCUT2D eigenvalue weighted by atomic mass is 19.1. The molecule has 3 amide bonds. The number of morpholine rings is 1. The van der Waals surface area contributed by atoms with Crippen LogP contribution < -0.4 is 15.5 Å². The molecule has 2 aliphatic rings. The number of ether oxygens (including phenoxy) is 1. The number of likely N-dealkylation sites (N-methyl/N-ethyl adjacent to an activating group) is 1. The number of hydrazone groups is 1. The van der Waals surface area contributed by atoms with Crippen molar-refractivity contribution < 1.29 is 18.7 Å². The molecule has 226 valence electrons. The first-order chi connectivity index (χ1) is 21.2. The van der Waals surface area contributed by atoms with E-state index in [9.17, 15) is 9.59 Å². The van der Waals surface area contributed by atoms with Gasteiger partial charge in [0.05, 0.1) is 24.3 Å². The first-order valence-electron chi connectivity index (χ1n) is 14.2. The highest BCUT2D eigenvalue weighted by Gasteiger charge is 2.23. The summed E-state index contributed by atoms with van der Waals surface area (Å²) < 4.78 is 21.1. The van der Waals surface area contributed by atoms with Crippen LogP contribution >= 0.6 is 0 Å². The maximum absolute atomic E-state index is 15.6. The van der Waals surface area contributed by atoms with Crippen molar-refractivity contribution in [3.63, 3.8) is 0 Å². The highest BCUT2D eigenvalue weighted by molar-refractivity contribution is 6.00. The first-order valence-corrected chi connectivity index (χ1v) is 14.2. The molecule has 2 aliphatic heterocycles. The van der Waals surface area contributed by atoms with Crippen LogP contribution in [0.3, 0.4) is 0 Å². The number of halogens is 1. The van der Waals surface area contributed by atoms with E-state index in [0.29, 0.717) is 54.4 Å². The SMILES string of the molecule is CN1CC(c2cnc3c(N4CCOCC4)nc(-c4ccc(NC(=O)Nc5ccc(C(=O)N(C)C)cc5)cc4F)nc3c2)C=N1. The Morgan fingerprint density at radius 3 is 2.41 bits per heavy atom. The maximum atomic E-state index is 15.6. The molecule has 0 saturated carbocycles. The zero-order valence-electron chi connectivity index (χ0n) is 24.6. The zero-order chi connectivity index (χ0) is 30.8. The number of pyridine rings is 1. The average Bonchev–Trinajstić information content (AvgIpc) is 3.47. The highest BCUT2D eigenvalue weighted by Crippen LogP contribution is 2.31. The summed E-state index contributed by atoms with van der Waals surface area (Å²) in [5, 5.41) is 11.5. The van der Waals surface area contributed by atoms with Gasteiger partial charge in [-0.1, -0.05) is 0 Å². The molecule has 0 radical (unpaired) electrons. The Bertz CT molecular complexity index is 1740. The third-order valence-corrected chi connectivity index (χ3v) is 7.45. The summed E-state index contributed by atoms with van der Waals surface area (Å²) in [4.78, 5) is 42.5. The summed E-state index contributed by atoms with van der Waals surface area (Å²) in [6.45, 7) is 3.10. The van der Waals surface area contributed by atoms with Gasteiger partial charge in [-0.15, -0.1) is 0 Å². The van der Waals surface area contributed by atoms with Crippen molar-refractivity contribution in [2.75, 3.05) is 69.5 Å². The molecule has 0 spiro atoms. The number of amides is 3. The van der Waals surface area contributed by atoms with Crippen molar-refractivity contribution in [2.45, 2.75) is 5.92 Å². The number of benzene rings is 2. The van der Waals surface area contributed by atoms with Gasteiger partial charge in [-0.25, -0.2) is 19.2 Å². The predicted octanol–water partition coefficient (Wildman–Crippen LogP) is 4.03. The molecule has 4 aromatic rings. The van der Waals surface area contributed by atoms with E-state index in [1.165, 1.54) is 11.0 Å². The molecule has 1 fully saturated rings. The third-order valence-electron chi connectivity index (χ3n) is 7.45. The van der Waals surface area contributed by atoms with Gasteiger partial charge in [-0.05, 0) is 54.1 Å². The number of fused-ring (bicyclic) bond motifs is 1. The second-order valence-corrected chi connectivity index (χ2v) is 10.9. The van der Waals surface area contributed by atoms with Crippen LogP contribution in [0.15, 0.2) is 59.8 Å². The van der Waals surface area contributed by atoms with Crippen LogP contribution in [-0.4, -0.2) is 97.0 Å². The van der Waals surface area contributed by atoms with Gasteiger partial charge in [-0.3, -0.25) is 14.8 Å².